The minimum Gasteiger partial charge on any atom is -0.480 e. The van der Waals surface area contributed by atoms with Crippen molar-refractivity contribution in [2.24, 2.45) is 10.9 Å². The molecule has 0 aliphatic carbocycles. The number of carbonyl (C=O) groups is 1. The van der Waals surface area contributed by atoms with Crippen LogP contribution in [0.15, 0.2) is 4.99 Å². The van der Waals surface area contributed by atoms with Crippen LogP contribution in [0.1, 0.15) is 20.3 Å². The molecule has 4 heteroatoms. The second-order valence-electron chi connectivity index (χ2n) is 2.39. The molecule has 0 spiro atoms. The molecule has 62 valence electrons. The molecule has 1 N–H and O–H groups in total. The molecule has 0 radical (unpaired) electrons. The van der Waals surface area contributed by atoms with Crippen molar-refractivity contribution in [1.29, 1.82) is 0 Å². The van der Waals surface area contributed by atoms with Gasteiger partial charge in [0.1, 0.15) is 0 Å². The van der Waals surface area contributed by atoms with Crippen LogP contribution in [0.5, 0.6) is 0 Å². The molecule has 0 aromatic rings. The van der Waals surface area contributed by atoms with Crippen LogP contribution in [0.4, 0.5) is 0 Å². The van der Waals surface area contributed by atoms with E-state index < -0.39 is 12.0 Å². The highest BCUT2D eigenvalue weighted by Crippen LogP contribution is 2.10. The number of thiocarbonyl (C=S) groups is 1. The first-order chi connectivity index (χ1) is 5.13. The third-order valence-electron chi connectivity index (χ3n) is 1.63. The fourth-order valence-corrected chi connectivity index (χ4v) is 0.819. The van der Waals surface area contributed by atoms with E-state index in [0.717, 1.165) is 6.42 Å². The Morgan fingerprint density at radius 2 is 2.36 bits per heavy atom. The van der Waals surface area contributed by atoms with Gasteiger partial charge in [-0.15, -0.1) is 0 Å². The van der Waals surface area contributed by atoms with E-state index in [1.54, 1.807) is 0 Å². The lowest BCUT2D eigenvalue weighted by Crippen LogP contribution is -2.25. The van der Waals surface area contributed by atoms with E-state index in [9.17, 15) is 4.79 Å². The third kappa shape index (κ3) is 3.25. The van der Waals surface area contributed by atoms with E-state index in [1.165, 1.54) is 0 Å². The van der Waals surface area contributed by atoms with E-state index in [4.69, 9.17) is 5.11 Å². The predicted octanol–water partition coefficient (Wildman–Crippen LogP) is 1.59. The van der Waals surface area contributed by atoms with E-state index in [-0.39, 0.29) is 5.92 Å². The molecule has 11 heavy (non-hydrogen) atoms. The fraction of sp³-hybridized carbons (Fsp3) is 0.714. The van der Waals surface area contributed by atoms with Gasteiger partial charge in [-0.3, -0.25) is 0 Å². The molecular formula is C7H11NO2S. The highest BCUT2D eigenvalue weighted by atomic mass is 32.1. The zero-order valence-corrected chi connectivity index (χ0v) is 7.39. The Kier molecular flexibility index (Phi) is 4.66. The first-order valence-corrected chi connectivity index (χ1v) is 3.84. The van der Waals surface area contributed by atoms with Gasteiger partial charge in [-0.25, -0.2) is 9.79 Å². The number of aliphatic imine (C=N–C) groups is 1. The summed E-state index contributed by atoms with van der Waals surface area (Å²) in [5, 5.41) is 10.7. The average Bonchev–Trinajstić information content (AvgIpc) is 1.98. The van der Waals surface area contributed by atoms with Crippen LogP contribution < -0.4 is 0 Å². The Hall–Kier alpha value is -0.730. The lowest BCUT2D eigenvalue weighted by molar-refractivity contribution is -0.139. The summed E-state index contributed by atoms with van der Waals surface area (Å²) in [5.41, 5.74) is 0. The smallest absolute Gasteiger partial charge is 0.329 e. The topological polar surface area (TPSA) is 49.7 Å². The minimum atomic E-state index is -0.934. The molecule has 0 amide bonds. The molecule has 0 rings (SSSR count). The highest BCUT2D eigenvalue weighted by molar-refractivity contribution is 7.78. The maximum atomic E-state index is 10.5. The molecule has 0 aromatic carbocycles. The normalized spacial score (nSPS) is 14.7. The number of rotatable bonds is 4. The standard InChI is InChI=1S/C7H11NO2S/c1-3-5(2)6(7(9)10)8-4-11/h5-6H,3H2,1-2H3,(H,9,10)/t5-,6-/m1/s1. The maximum absolute atomic E-state index is 10.5. The number of isothiocyanates is 1. The van der Waals surface area contributed by atoms with Gasteiger partial charge in [0.05, 0.1) is 5.16 Å². The van der Waals surface area contributed by atoms with Crippen molar-refractivity contribution >= 4 is 23.3 Å². The number of carboxylic acids is 1. The highest BCUT2D eigenvalue weighted by Gasteiger charge is 2.21. The Morgan fingerprint density at radius 1 is 1.82 bits per heavy atom. The largest absolute Gasteiger partial charge is 0.480 e. The fourth-order valence-electron chi connectivity index (χ4n) is 0.706. The van der Waals surface area contributed by atoms with Crippen LogP contribution >= 0.6 is 12.2 Å². The third-order valence-corrected chi connectivity index (χ3v) is 1.73. The van der Waals surface area contributed by atoms with Gasteiger partial charge < -0.3 is 5.11 Å². The molecule has 0 aromatic heterocycles. The zero-order valence-electron chi connectivity index (χ0n) is 6.57. The maximum Gasteiger partial charge on any atom is 0.329 e. The number of aliphatic carboxylic acids is 1. The van der Waals surface area contributed by atoms with Gasteiger partial charge >= 0.3 is 5.97 Å². The summed E-state index contributed by atoms with van der Waals surface area (Å²) in [7, 11) is 0. The first-order valence-electron chi connectivity index (χ1n) is 3.43. The number of hydrogen-bond donors (Lipinski definition) is 1. The molecule has 2 atom stereocenters. The second kappa shape index (κ2) is 4.99. The van der Waals surface area contributed by atoms with E-state index in [0.29, 0.717) is 0 Å². The van der Waals surface area contributed by atoms with Crippen molar-refractivity contribution in [2.45, 2.75) is 26.3 Å². The van der Waals surface area contributed by atoms with Gasteiger partial charge in [0.25, 0.3) is 0 Å². The molecule has 0 heterocycles. The van der Waals surface area contributed by atoms with Gasteiger partial charge in [-0.05, 0) is 18.1 Å². The van der Waals surface area contributed by atoms with Gasteiger partial charge in [0.2, 0.25) is 0 Å². The monoisotopic (exact) mass is 173 g/mol. The van der Waals surface area contributed by atoms with Crippen molar-refractivity contribution in [3.8, 4) is 0 Å². The van der Waals surface area contributed by atoms with Gasteiger partial charge in [-0.2, -0.15) is 0 Å². The van der Waals surface area contributed by atoms with Crippen LogP contribution in [-0.4, -0.2) is 22.3 Å². The SMILES string of the molecule is CC[C@@H](C)[C@@H](N=C=S)C(=O)O. The zero-order chi connectivity index (χ0) is 8.85. The van der Waals surface area contributed by atoms with Crippen molar-refractivity contribution in [3.05, 3.63) is 0 Å². The lowest BCUT2D eigenvalue weighted by atomic mass is 10.0. The molecular weight excluding hydrogens is 162 g/mol. The quantitative estimate of drug-likeness (QED) is 0.518. The van der Waals surface area contributed by atoms with Crippen LogP contribution in [0.3, 0.4) is 0 Å². The number of hydrogen-bond acceptors (Lipinski definition) is 3. The summed E-state index contributed by atoms with van der Waals surface area (Å²) in [5.74, 6) is -0.917. The molecule has 0 unspecified atom stereocenters. The molecule has 0 aliphatic rings. The van der Waals surface area contributed by atoms with Crippen LogP contribution in [0, 0.1) is 5.92 Å². The van der Waals surface area contributed by atoms with Crippen LogP contribution in [-0.2, 0) is 4.79 Å². The summed E-state index contributed by atoms with van der Waals surface area (Å²) in [6.45, 7) is 3.74. The van der Waals surface area contributed by atoms with E-state index in [2.05, 4.69) is 22.4 Å². The summed E-state index contributed by atoms with van der Waals surface area (Å²) >= 11 is 4.33. The molecule has 0 fully saturated rings. The van der Waals surface area contributed by atoms with Gasteiger partial charge in [-0.1, -0.05) is 20.3 Å². The molecule has 0 saturated carbocycles. The summed E-state index contributed by atoms with van der Waals surface area (Å²) < 4.78 is 0. The Morgan fingerprint density at radius 3 is 2.64 bits per heavy atom. The van der Waals surface area contributed by atoms with Crippen molar-refractivity contribution < 1.29 is 9.90 Å². The summed E-state index contributed by atoms with van der Waals surface area (Å²) in [4.78, 5) is 14.1. The Labute approximate surface area is 71.1 Å². The number of nitrogens with zero attached hydrogens (tertiary/aromatic N) is 1. The van der Waals surface area contributed by atoms with Crippen LogP contribution in [0.25, 0.3) is 0 Å². The minimum absolute atomic E-state index is 0.0166. The van der Waals surface area contributed by atoms with Crippen molar-refractivity contribution in [3.63, 3.8) is 0 Å². The van der Waals surface area contributed by atoms with Gasteiger partial charge in [0.15, 0.2) is 6.04 Å². The Bertz CT molecular complexity index is 185. The first kappa shape index (κ1) is 10.3. The summed E-state index contributed by atoms with van der Waals surface area (Å²) in [6.07, 6.45) is 0.775. The molecule has 0 aliphatic heterocycles. The van der Waals surface area contributed by atoms with E-state index in [1.807, 2.05) is 13.8 Å². The second-order valence-corrected chi connectivity index (χ2v) is 2.57. The molecule has 3 nitrogen and oxygen atoms in total. The average molecular weight is 173 g/mol. The summed E-state index contributed by atoms with van der Waals surface area (Å²) in [6, 6.07) is -0.725. The van der Waals surface area contributed by atoms with Crippen molar-refractivity contribution in [1.82, 2.24) is 0 Å². The van der Waals surface area contributed by atoms with Crippen LogP contribution in [0.2, 0.25) is 0 Å². The van der Waals surface area contributed by atoms with E-state index >= 15 is 0 Å². The molecule has 0 saturated heterocycles. The Balaban J connectivity index is 4.32. The predicted molar refractivity (Wildman–Crippen MR) is 45.9 cm³/mol. The number of carboxylic acid groups (broad SMARTS) is 1. The molecule has 0 bridgehead atoms. The van der Waals surface area contributed by atoms with Gasteiger partial charge in [0, 0.05) is 0 Å². The van der Waals surface area contributed by atoms with Crippen molar-refractivity contribution in [2.75, 3.05) is 0 Å². The lowest BCUT2D eigenvalue weighted by Gasteiger charge is -2.11.